The molecule has 4 rings (SSSR count). The van der Waals surface area contributed by atoms with Gasteiger partial charge in [0.2, 0.25) is 0 Å². The molecule has 8 nitrogen and oxygen atoms in total. The number of fused-ring (bicyclic) bond motifs is 2. The minimum atomic E-state index is -1.06. The maximum absolute atomic E-state index is 12.0. The number of rotatable bonds is 10. The number of aliphatic hydroxyl groups excluding tert-OH is 1. The summed E-state index contributed by atoms with van der Waals surface area (Å²) >= 11 is 0. The van der Waals surface area contributed by atoms with Crippen molar-refractivity contribution in [2.45, 2.75) is 51.4 Å². The Morgan fingerprint density at radius 2 is 1.29 bits per heavy atom. The van der Waals surface area contributed by atoms with Crippen LogP contribution in [0.2, 0.25) is 0 Å². The lowest BCUT2D eigenvalue weighted by atomic mass is 9.92. The van der Waals surface area contributed by atoms with E-state index in [-0.39, 0.29) is 6.42 Å². The molecule has 4 aromatic rings. The number of aliphatic hydroxyl groups is 1. The zero-order valence-corrected chi connectivity index (χ0v) is 22.2. The van der Waals surface area contributed by atoms with Gasteiger partial charge in [-0.3, -0.25) is 0 Å². The van der Waals surface area contributed by atoms with Gasteiger partial charge in [0.25, 0.3) is 0 Å². The molecule has 0 radical (unpaired) electrons. The van der Waals surface area contributed by atoms with Gasteiger partial charge in [-0.05, 0) is 57.2 Å². The number of hydrogen-bond donors (Lipinski definition) is 1. The molecule has 2 aromatic heterocycles. The van der Waals surface area contributed by atoms with Crippen LogP contribution in [0.25, 0.3) is 21.9 Å². The maximum Gasteiger partial charge on any atom is 0.336 e. The molecule has 8 heteroatoms. The van der Waals surface area contributed by atoms with Gasteiger partial charge in [-0.2, -0.15) is 0 Å². The summed E-state index contributed by atoms with van der Waals surface area (Å²) in [4.78, 5) is 23.9. The minimum absolute atomic E-state index is 0.107. The van der Waals surface area contributed by atoms with Gasteiger partial charge in [0.1, 0.15) is 22.7 Å². The fourth-order valence-electron chi connectivity index (χ4n) is 4.50. The van der Waals surface area contributed by atoms with Crippen molar-refractivity contribution in [3.8, 4) is 11.5 Å². The Morgan fingerprint density at radius 1 is 0.842 bits per heavy atom. The fourth-order valence-corrected chi connectivity index (χ4v) is 4.50. The summed E-state index contributed by atoms with van der Waals surface area (Å²) in [6, 6.07) is 13.3. The number of methoxy groups -OCH3 is 2. The van der Waals surface area contributed by atoms with E-state index in [0.29, 0.717) is 40.2 Å². The van der Waals surface area contributed by atoms with Gasteiger partial charge in [-0.15, -0.1) is 0 Å². The van der Waals surface area contributed by atoms with Crippen LogP contribution >= 0.6 is 0 Å². The zero-order chi connectivity index (χ0) is 27.6. The molecule has 0 bridgehead atoms. The third kappa shape index (κ3) is 5.51. The van der Waals surface area contributed by atoms with Gasteiger partial charge < -0.3 is 28.2 Å². The molecule has 0 saturated heterocycles. The van der Waals surface area contributed by atoms with Crippen LogP contribution in [0.3, 0.4) is 0 Å². The van der Waals surface area contributed by atoms with E-state index >= 15 is 0 Å². The van der Waals surface area contributed by atoms with Crippen molar-refractivity contribution in [2.75, 3.05) is 14.2 Å². The van der Waals surface area contributed by atoms with Crippen molar-refractivity contribution >= 4 is 21.9 Å². The molecule has 200 valence electrons. The fraction of sp³-hybridized carbons (Fsp3) is 0.333. The van der Waals surface area contributed by atoms with E-state index in [1.165, 1.54) is 19.2 Å². The molecule has 0 aliphatic carbocycles. The molecule has 0 amide bonds. The van der Waals surface area contributed by atoms with E-state index in [2.05, 4.69) is 6.58 Å². The molecule has 2 heterocycles. The summed E-state index contributed by atoms with van der Waals surface area (Å²) in [5, 5.41) is 12.8. The predicted octanol–water partition coefficient (Wildman–Crippen LogP) is 4.80. The maximum atomic E-state index is 12.0. The van der Waals surface area contributed by atoms with E-state index in [9.17, 15) is 14.7 Å². The quantitative estimate of drug-likeness (QED) is 0.235. The smallest absolute Gasteiger partial charge is 0.336 e. The van der Waals surface area contributed by atoms with Gasteiger partial charge >= 0.3 is 11.3 Å². The minimum Gasteiger partial charge on any atom is -0.496 e. The second-order valence-corrected chi connectivity index (χ2v) is 9.82. The van der Waals surface area contributed by atoms with Crippen LogP contribution in [-0.4, -0.2) is 37.1 Å². The van der Waals surface area contributed by atoms with Crippen LogP contribution in [-0.2, 0) is 17.6 Å². The summed E-state index contributed by atoms with van der Waals surface area (Å²) in [6.07, 6.45) is -1.15. The van der Waals surface area contributed by atoms with Crippen LogP contribution in [0.5, 0.6) is 11.5 Å². The normalized spacial score (nSPS) is 13.4. The first-order valence-corrected chi connectivity index (χ1v) is 12.2. The topological polar surface area (TPSA) is 108 Å². The van der Waals surface area contributed by atoms with E-state index < -0.39 is 29.1 Å². The molecule has 2 atom stereocenters. The summed E-state index contributed by atoms with van der Waals surface area (Å²) in [6.45, 7) is 9.50. The van der Waals surface area contributed by atoms with E-state index in [1.807, 2.05) is 19.1 Å². The van der Waals surface area contributed by atoms with Gasteiger partial charge in [-0.1, -0.05) is 12.2 Å². The van der Waals surface area contributed by atoms with E-state index in [0.717, 1.165) is 16.3 Å². The van der Waals surface area contributed by atoms with Crippen molar-refractivity contribution in [1.29, 1.82) is 0 Å². The lowest BCUT2D eigenvalue weighted by Crippen LogP contribution is -2.44. The van der Waals surface area contributed by atoms with Gasteiger partial charge in [-0.25, -0.2) is 9.59 Å². The standard InChI is InChI=1S/C30H32O8/c1-17(2)24(15-20-22(34-5)11-7-18-9-13-26(32)36-28(18)20)38-30(3,4)25(31)16-21-23(35-6)12-8-19-10-14-27(33)37-29(19)21/h7-14,24-25,31H,1,15-16H2,2-6H3. The Hall–Kier alpha value is -3.88. The highest BCUT2D eigenvalue weighted by molar-refractivity contribution is 5.83. The molecular formula is C30H32O8. The first-order chi connectivity index (χ1) is 18.0. The van der Waals surface area contributed by atoms with Gasteiger partial charge in [0.05, 0.1) is 32.0 Å². The summed E-state index contributed by atoms with van der Waals surface area (Å²) < 4.78 is 28.5. The molecule has 2 aromatic carbocycles. The molecule has 0 aliphatic heterocycles. The first kappa shape index (κ1) is 27.2. The van der Waals surface area contributed by atoms with Crippen molar-refractivity contribution < 1.29 is 28.2 Å². The van der Waals surface area contributed by atoms with Crippen molar-refractivity contribution in [3.63, 3.8) is 0 Å². The Kier molecular flexibility index (Phi) is 7.76. The summed E-state index contributed by atoms with van der Waals surface area (Å²) in [7, 11) is 3.07. The lowest BCUT2D eigenvalue weighted by molar-refractivity contribution is -0.124. The average molecular weight is 521 g/mol. The van der Waals surface area contributed by atoms with Crippen molar-refractivity contribution in [3.05, 3.63) is 92.7 Å². The second-order valence-electron chi connectivity index (χ2n) is 9.82. The number of ether oxygens (including phenoxy) is 3. The molecule has 0 spiro atoms. The first-order valence-electron chi connectivity index (χ1n) is 12.2. The van der Waals surface area contributed by atoms with Crippen LogP contribution in [0.1, 0.15) is 31.9 Å². The zero-order valence-electron chi connectivity index (χ0n) is 22.2. The second kappa shape index (κ2) is 10.8. The third-order valence-corrected chi connectivity index (χ3v) is 6.72. The molecular weight excluding hydrogens is 488 g/mol. The SMILES string of the molecule is C=C(C)C(Cc1c(OC)ccc2ccc(=O)oc12)OC(C)(C)C(O)Cc1c(OC)ccc2ccc(=O)oc12. The van der Waals surface area contributed by atoms with Gasteiger partial charge in [0.15, 0.2) is 0 Å². The van der Waals surface area contributed by atoms with E-state index in [4.69, 9.17) is 23.0 Å². The van der Waals surface area contributed by atoms with E-state index in [1.54, 1.807) is 45.2 Å². The monoisotopic (exact) mass is 520 g/mol. The molecule has 0 aliphatic rings. The largest absolute Gasteiger partial charge is 0.496 e. The summed E-state index contributed by atoms with van der Waals surface area (Å²) in [5.74, 6) is 1.05. The third-order valence-electron chi connectivity index (χ3n) is 6.72. The van der Waals surface area contributed by atoms with Crippen LogP contribution in [0, 0.1) is 0 Å². The molecule has 2 unspecified atom stereocenters. The Bertz CT molecular complexity index is 1590. The van der Waals surface area contributed by atoms with Crippen molar-refractivity contribution in [1.82, 2.24) is 0 Å². The van der Waals surface area contributed by atoms with Crippen LogP contribution in [0.4, 0.5) is 0 Å². The lowest BCUT2D eigenvalue weighted by Gasteiger charge is -2.35. The Balaban J connectivity index is 1.66. The average Bonchev–Trinajstić information content (AvgIpc) is 2.88. The van der Waals surface area contributed by atoms with Crippen LogP contribution < -0.4 is 20.7 Å². The molecule has 1 N–H and O–H groups in total. The Labute approximate surface area is 220 Å². The Morgan fingerprint density at radius 3 is 1.74 bits per heavy atom. The summed E-state index contributed by atoms with van der Waals surface area (Å²) in [5.41, 5.74) is 0.705. The highest BCUT2D eigenvalue weighted by Crippen LogP contribution is 2.34. The predicted molar refractivity (Wildman–Crippen MR) is 145 cm³/mol. The van der Waals surface area contributed by atoms with Gasteiger partial charge in [0, 0.05) is 46.9 Å². The molecule has 0 fully saturated rings. The van der Waals surface area contributed by atoms with Crippen molar-refractivity contribution in [2.24, 2.45) is 0 Å². The highest BCUT2D eigenvalue weighted by atomic mass is 16.5. The highest BCUT2D eigenvalue weighted by Gasteiger charge is 2.34. The van der Waals surface area contributed by atoms with Crippen LogP contribution in [0.15, 0.2) is 79.1 Å². The number of benzene rings is 2. The molecule has 38 heavy (non-hydrogen) atoms. The number of hydrogen-bond acceptors (Lipinski definition) is 8. The molecule has 0 saturated carbocycles.